The summed E-state index contributed by atoms with van der Waals surface area (Å²) in [5.74, 6) is -1.53. The van der Waals surface area contributed by atoms with Gasteiger partial charge in [-0.3, -0.25) is 4.68 Å². The third-order valence-electron chi connectivity index (χ3n) is 5.40. The molecule has 0 spiro atoms. The Kier molecular flexibility index (Phi) is 6.86. The van der Waals surface area contributed by atoms with E-state index in [1.165, 1.54) is 4.52 Å². The Balaban J connectivity index is 1.96. The van der Waals surface area contributed by atoms with Gasteiger partial charge < -0.3 is 19.9 Å². The van der Waals surface area contributed by atoms with E-state index in [0.29, 0.717) is 30.0 Å². The van der Waals surface area contributed by atoms with Crippen LogP contribution in [0.1, 0.15) is 81.4 Å². The molecule has 36 heavy (non-hydrogen) atoms. The number of nitrogen functional groups attached to an aromatic ring is 1. The van der Waals surface area contributed by atoms with Crippen LogP contribution in [-0.2, 0) is 14.2 Å². The second-order valence-corrected chi connectivity index (χ2v) is 11.4. The van der Waals surface area contributed by atoms with Crippen LogP contribution in [0.2, 0.25) is 0 Å². The molecule has 0 amide bonds. The van der Waals surface area contributed by atoms with Gasteiger partial charge in [0.2, 0.25) is 0 Å². The zero-order chi connectivity index (χ0) is 26.4. The zero-order valence-electron chi connectivity index (χ0n) is 21.3. The third-order valence-corrected chi connectivity index (χ3v) is 6.13. The van der Waals surface area contributed by atoms with Crippen LogP contribution in [0.15, 0.2) is 16.9 Å². The van der Waals surface area contributed by atoms with E-state index >= 15 is 0 Å². The number of hydrogen-bond donors (Lipinski definition) is 1. The smallest absolute Gasteiger partial charge is 0.378 e. The molecule has 12 heteroatoms. The average molecular weight is 563 g/mol. The Morgan fingerprint density at radius 1 is 1.08 bits per heavy atom. The molecule has 1 fully saturated rings. The van der Waals surface area contributed by atoms with E-state index in [-0.39, 0.29) is 27.9 Å². The maximum Gasteiger partial charge on any atom is 0.378 e. The van der Waals surface area contributed by atoms with E-state index in [1.54, 1.807) is 47.7 Å². The first-order valence-corrected chi connectivity index (χ1v) is 12.5. The van der Waals surface area contributed by atoms with Gasteiger partial charge in [0, 0.05) is 25.0 Å². The molecule has 3 aromatic rings. The Hall–Kier alpha value is -2.99. The number of esters is 2. The zero-order valence-corrected chi connectivity index (χ0v) is 22.9. The molecular formula is C24H31BrN6O5. The first-order chi connectivity index (χ1) is 16.8. The molecule has 0 bridgehead atoms. The first kappa shape index (κ1) is 26.1. The molecule has 3 aromatic heterocycles. The molecule has 0 saturated carbocycles. The van der Waals surface area contributed by atoms with E-state index in [4.69, 9.17) is 19.9 Å². The summed E-state index contributed by atoms with van der Waals surface area (Å²) >= 11 is 3.51. The fraction of sp³-hybridized carbons (Fsp3) is 0.542. The lowest BCUT2D eigenvalue weighted by Gasteiger charge is -2.24. The van der Waals surface area contributed by atoms with Gasteiger partial charge in [-0.15, -0.1) is 5.10 Å². The monoisotopic (exact) mass is 562 g/mol. The summed E-state index contributed by atoms with van der Waals surface area (Å²) < 4.78 is 20.2. The molecule has 0 aliphatic carbocycles. The Morgan fingerprint density at radius 2 is 1.69 bits per heavy atom. The van der Waals surface area contributed by atoms with E-state index in [2.05, 4.69) is 31.1 Å². The summed E-state index contributed by atoms with van der Waals surface area (Å²) in [6.45, 7) is 11.8. The van der Waals surface area contributed by atoms with Crippen molar-refractivity contribution in [3.8, 4) is 11.3 Å². The SMILES string of the molecule is CC(C)(C)OC(=O)c1nc(N)c2c(-c3ccnn3C3CCOCC3)c(C(=O)OC(C)(C)C)c(Br)n2n1. The molecule has 4 rings (SSSR count). The molecule has 194 valence electrons. The first-order valence-electron chi connectivity index (χ1n) is 11.7. The topological polar surface area (TPSA) is 136 Å². The lowest BCUT2D eigenvalue weighted by molar-refractivity contribution is 0.00486. The minimum Gasteiger partial charge on any atom is -0.456 e. The quantitative estimate of drug-likeness (QED) is 0.463. The summed E-state index contributed by atoms with van der Waals surface area (Å²) in [4.78, 5) is 30.4. The van der Waals surface area contributed by atoms with Gasteiger partial charge in [0.05, 0.1) is 11.7 Å². The van der Waals surface area contributed by atoms with Crippen molar-refractivity contribution in [1.29, 1.82) is 0 Å². The van der Waals surface area contributed by atoms with Crippen molar-refractivity contribution in [2.75, 3.05) is 18.9 Å². The van der Waals surface area contributed by atoms with E-state index in [9.17, 15) is 9.59 Å². The van der Waals surface area contributed by atoms with Gasteiger partial charge in [0.15, 0.2) is 5.82 Å². The van der Waals surface area contributed by atoms with Crippen LogP contribution >= 0.6 is 15.9 Å². The predicted molar refractivity (Wildman–Crippen MR) is 136 cm³/mol. The van der Waals surface area contributed by atoms with E-state index in [1.807, 2.05) is 10.7 Å². The summed E-state index contributed by atoms with van der Waals surface area (Å²) in [5.41, 5.74) is 6.59. The largest absolute Gasteiger partial charge is 0.456 e. The Bertz CT molecular complexity index is 1310. The molecular weight excluding hydrogens is 532 g/mol. The molecule has 11 nitrogen and oxygen atoms in total. The maximum atomic E-state index is 13.5. The maximum absolute atomic E-state index is 13.5. The molecule has 1 aliphatic rings. The molecule has 2 N–H and O–H groups in total. The van der Waals surface area contributed by atoms with Gasteiger partial charge in [-0.25, -0.2) is 19.1 Å². The molecule has 0 aromatic carbocycles. The number of fused-ring (bicyclic) bond motifs is 1. The standard InChI is InChI=1S/C24H31BrN6O5/c1-23(2,3)35-21(32)16-15(14-7-10-27-30(14)13-8-11-34-12-9-13)17-19(26)28-20(29-31(17)18(16)25)22(33)36-24(4,5)6/h7,10,13H,8-9,11-12H2,1-6H3,(H2,26,28,29). The van der Waals surface area contributed by atoms with Gasteiger partial charge in [-0.1, -0.05) is 0 Å². The predicted octanol–water partition coefficient (Wildman–Crippen LogP) is 4.20. The number of aromatic nitrogens is 5. The van der Waals surface area contributed by atoms with Crippen LogP contribution in [0.4, 0.5) is 5.82 Å². The van der Waals surface area contributed by atoms with Gasteiger partial charge >= 0.3 is 11.9 Å². The average Bonchev–Trinajstić information content (AvgIpc) is 3.35. The molecule has 0 radical (unpaired) electrons. The fourth-order valence-electron chi connectivity index (χ4n) is 4.05. The van der Waals surface area contributed by atoms with E-state index < -0.39 is 23.1 Å². The highest BCUT2D eigenvalue weighted by molar-refractivity contribution is 9.10. The summed E-state index contributed by atoms with van der Waals surface area (Å²) in [6, 6.07) is 1.89. The third kappa shape index (κ3) is 5.24. The minimum atomic E-state index is -0.749. The highest BCUT2D eigenvalue weighted by Crippen LogP contribution is 2.40. The number of carbonyl (C=O) groups is 2. The number of rotatable bonds is 4. The van der Waals surface area contributed by atoms with Crippen LogP contribution in [-0.4, -0.2) is 60.7 Å². The van der Waals surface area contributed by atoms with E-state index in [0.717, 1.165) is 12.8 Å². The van der Waals surface area contributed by atoms with Crippen molar-refractivity contribution in [1.82, 2.24) is 24.4 Å². The minimum absolute atomic E-state index is 0.0103. The van der Waals surface area contributed by atoms with Crippen LogP contribution in [0.5, 0.6) is 0 Å². The van der Waals surface area contributed by atoms with Gasteiger partial charge in [-0.05, 0) is 76.4 Å². The number of hydrogen-bond acceptors (Lipinski definition) is 9. The van der Waals surface area contributed by atoms with Gasteiger partial charge in [0.25, 0.3) is 5.82 Å². The van der Waals surface area contributed by atoms with Crippen LogP contribution in [0, 0.1) is 0 Å². The number of carbonyl (C=O) groups excluding carboxylic acids is 2. The van der Waals surface area contributed by atoms with Crippen molar-refractivity contribution in [2.24, 2.45) is 0 Å². The van der Waals surface area contributed by atoms with Crippen molar-refractivity contribution in [3.63, 3.8) is 0 Å². The number of ether oxygens (including phenoxy) is 3. The molecule has 0 unspecified atom stereocenters. The summed E-state index contributed by atoms with van der Waals surface area (Å²) in [6.07, 6.45) is 3.23. The number of nitrogens with zero attached hydrogens (tertiary/aromatic N) is 5. The van der Waals surface area contributed by atoms with Crippen molar-refractivity contribution < 1.29 is 23.8 Å². The number of halogens is 1. The number of anilines is 1. The second-order valence-electron chi connectivity index (χ2n) is 10.6. The fourth-order valence-corrected chi connectivity index (χ4v) is 4.67. The highest BCUT2D eigenvalue weighted by Gasteiger charge is 2.34. The van der Waals surface area contributed by atoms with Crippen molar-refractivity contribution >= 4 is 39.2 Å². The van der Waals surface area contributed by atoms with Gasteiger partial charge in [-0.2, -0.15) is 5.10 Å². The van der Waals surface area contributed by atoms with Crippen molar-refractivity contribution in [3.05, 3.63) is 28.3 Å². The lowest BCUT2D eigenvalue weighted by Crippen LogP contribution is -2.26. The van der Waals surface area contributed by atoms with Crippen LogP contribution in [0.3, 0.4) is 0 Å². The van der Waals surface area contributed by atoms with Gasteiger partial charge in [0.1, 0.15) is 26.9 Å². The van der Waals surface area contributed by atoms with Crippen LogP contribution < -0.4 is 5.73 Å². The molecule has 0 atom stereocenters. The molecule has 4 heterocycles. The summed E-state index contributed by atoms with van der Waals surface area (Å²) in [5, 5.41) is 8.93. The number of nitrogens with two attached hydrogens (primary N) is 1. The second kappa shape index (κ2) is 9.47. The van der Waals surface area contributed by atoms with Crippen molar-refractivity contribution in [2.45, 2.75) is 71.6 Å². The van der Waals surface area contributed by atoms with Crippen LogP contribution in [0.25, 0.3) is 16.8 Å². The normalized spacial score (nSPS) is 15.3. The molecule has 1 saturated heterocycles. The lowest BCUT2D eigenvalue weighted by atomic mass is 10.1. The molecule has 1 aliphatic heterocycles. The summed E-state index contributed by atoms with van der Waals surface area (Å²) in [7, 11) is 0. The Labute approximate surface area is 217 Å². The Morgan fingerprint density at radius 3 is 2.31 bits per heavy atom. The highest BCUT2D eigenvalue weighted by atomic mass is 79.9.